The Morgan fingerprint density at radius 2 is 2.38 bits per heavy atom. The molecule has 0 fully saturated rings. The van der Waals surface area contributed by atoms with Gasteiger partial charge in [0.25, 0.3) is 0 Å². The third-order valence-electron chi connectivity index (χ3n) is 1.72. The second kappa shape index (κ2) is 5.04. The van der Waals surface area contributed by atoms with Crippen molar-refractivity contribution in [2.24, 2.45) is 5.73 Å². The highest BCUT2D eigenvalue weighted by atomic mass is 35.5. The summed E-state index contributed by atoms with van der Waals surface area (Å²) >= 11 is 5.77. The summed E-state index contributed by atoms with van der Waals surface area (Å²) in [5, 5.41) is 3.86. The molecule has 0 radical (unpaired) electrons. The van der Waals surface area contributed by atoms with Gasteiger partial charge >= 0.3 is 0 Å². The first-order chi connectivity index (χ1) is 6.24. The van der Waals surface area contributed by atoms with Gasteiger partial charge in [-0.2, -0.15) is 0 Å². The summed E-state index contributed by atoms with van der Waals surface area (Å²) < 4.78 is 0. The van der Waals surface area contributed by atoms with Crippen LogP contribution in [0.25, 0.3) is 0 Å². The maximum atomic E-state index is 5.77. The van der Waals surface area contributed by atoms with Gasteiger partial charge in [0.15, 0.2) is 0 Å². The fourth-order valence-corrected chi connectivity index (χ4v) is 1.25. The van der Waals surface area contributed by atoms with Gasteiger partial charge in [-0.3, -0.25) is 0 Å². The van der Waals surface area contributed by atoms with Crippen molar-refractivity contribution < 1.29 is 0 Å². The number of aromatic nitrogens is 1. The van der Waals surface area contributed by atoms with Crippen molar-refractivity contribution in [1.29, 1.82) is 0 Å². The van der Waals surface area contributed by atoms with E-state index in [1.54, 1.807) is 6.20 Å². The molecule has 13 heavy (non-hydrogen) atoms. The molecule has 0 atom stereocenters. The summed E-state index contributed by atoms with van der Waals surface area (Å²) in [6, 6.07) is 1.89. The van der Waals surface area contributed by atoms with Crippen LogP contribution in [0.3, 0.4) is 0 Å². The molecule has 0 saturated carbocycles. The van der Waals surface area contributed by atoms with Crippen molar-refractivity contribution in [3.8, 4) is 0 Å². The summed E-state index contributed by atoms with van der Waals surface area (Å²) in [4.78, 5) is 4.17. The fraction of sp³-hybridized carbons (Fsp3) is 0.444. The van der Waals surface area contributed by atoms with Crippen LogP contribution in [0.5, 0.6) is 0 Å². The van der Waals surface area contributed by atoms with Gasteiger partial charge in [0.05, 0.1) is 5.02 Å². The monoisotopic (exact) mass is 199 g/mol. The first kappa shape index (κ1) is 10.3. The minimum absolute atomic E-state index is 0.668. The predicted molar refractivity (Wildman–Crippen MR) is 56.1 cm³/mol. The smallest absolute Gasteiger partial charge is 0.128 e. The van der Waals surface area contributed by atoms with E-state index in [1.807, 2.05) is 13.0 Å². The van der Waals surface area contributed by atoms with Crippen molar-refractivity contribution in [2.45, 2.75) is 13.3 Å². The van der Waals surface area contributed by atoms with E-state index in [1.165, 1.54) is 0 Å². The lowest BCUT2D eigenvalue weighted by atomic mass is 10.3. The highest BCUT2D eigenvalue weighted by Crippen LogP contribution is 2.15. The lowest BCUT2D eigenvalue weighted by Crippen LogP contribution is -2.10. The van der Waals surface area contributed by atoms with Crippen LogP contribution in [0.4, 0.5) is 5.82 Å². The van der Waals surface area contributed by atoms with Crippen LogP contribution in [0.2, 0.25) is 5.02 Å². The number of hydrogen-bond donors (Lipinski definition) is 2. The maximum absolute atomic E-state index is 5.77. The van der Waals surface area contributed by atoms with Gasteiger partial charge in [0.2, 0.25) is 0 Å². The van der Waals surface area contributed by atoms with E-state index in [0.29, 0.717) is 11.6 Å². The fourth-order valence-electron chi connectivity index (χ4n) is 1.03. The number of hydrogen-bond acceptors (Lipinski definition) is 3. The van der Waals surface area contributed by atoms with E-state index in [0.717, 1.165) is 24.3 Å². The molecule has 0 amide bonds. The Hall–Kier alpha value is -0.800. The minimum atomic E-state index is 0.668. The first-order valence-corrected chi connectivity index (χ1v) is 4.68. The molecule has 0 aliphatic heterocycles. The van der Waals surface area contributed by atoms with Gasteiger partial charge in [0, 0.05) is 12.7 Å². The second-order valence-electron chi connectivity index (χ2n) is 2.89. The molecule has 0 unspecified atom stereocenters. The van der Waals surface area contributed by atoms with Crippen LogP contribution >= 0.6 is 11.6 Å². The number of anilines is 1. The summed E-state index contributed by atoms with van der Waals surface area (Å²) in [6.45, 7) is 3.52. The second-order valence-corrected chi connectivity index (χ2v) is 3.32. The van der Waals surface area contributed by atoms with Crippen molar-refractivity contribution in [1.82, 2.24) is 4.98 Å². The quantitative estimate of drug-likeness (QED) is 0.728. The normalized spacial score (nSPS) is 10.1. The van der Waals surface area contributed by atoms with Crippen molar-refractivity contribution in [3.05, 3.63) is 22.8 Å². The van der Waals surface area contributed by atoms with Crippen molar-refractivity contribution >= 4 is 17.4 Å². The SMILES string of the molecule is Cc1cc(Cl)cnc1NCCCN. The molecule has 1 aromatic rings. The zero-order valence-corrected chi connectivity index (χ0v) is 8.43. The predicted octanol–water partition coefficient (Wildman–Crippen LogP) is 1.80. The number of nitrogens with two attached hydrogens (primary N) is 1. The van der Waals surface area contributed by atoms with Gasteiger partial charge in [-0.1, -0.05) is 11.6 Å². The summed E-state index contributed by atoms with van der Waals surface area (Å²) in [5.41, 5.74) is 6.43. The molecule has 0 aliphatic carbocycles. The molecule has 0 bridgehead atoms. The largest absolute Gasteiger partial charge is 0.370 e. The van der Waals surface area contributed by atoms with Crippen LogP contribution in [-0.2, 0) is 0 Å². The standard InChI is InChI=1S/C9H14ClN3/c1-7-5-8(10)6-13-9(7)12-4-2-3-11/h5-6H,2-4,11H2,1H3,(H,12,13). The lowest BCUT2D eigenvalue weighted by molar-refractivity contribution is 0.869. The van der Waals surface area contributed by atoms with Crippen LogP contribution in [0, 0.1) is 6.92 Å². The van der Waals surface area contributed by atoms with E-state index in [4.69, 9.17) is 17.3 Å². The molecule has 0 spiro atoms. The molecular weight excluding hydrogens is 186 g/mol. The third kappa shape index (κ3) is 3.20. The van der Waals surface area contributed by atoms with Crippen molar-refractivity contribution in [2.75, 3.05) is 18.4 Å². The summed E-state index contributed by atoms with van der Waals surface area (Å²) in [5.74, 6) is 0.887. The van der Waals surface area contributed by atoms with Gasteiger partial charge in [0.1, 0.15) is 5.82 Å². The van der Waals surface area contributed by atoms with Crippen LogP contribution < -0.4 is 11.1 Å². The number of nitrogens with zero attached hydrogens (tertiary/aromatic N) is 1. The van der Waals surface area contributed by atoms with Crippen molar-refractivity contribution in [3.63, 3.8) is 0 Å². The number of aryl methyl sites for hydroxylation is 1. The topological polar surface area (TPSA) is 50.9 Å². The van der Waals surface area contributed by atoms with E-state index in [9.17, 15) is 0 Å². The van der Waals surface area contributed by atoms with E-state index < -0.39 is 0 Å². The molecule has 0 aliphatic rings. The summed E-state index contributed by atoms with van der Waals surface area (Å²) in [7, 11) is 0. The Balaban J connectivity index is 2.56. The minimum Gasteiger partial charge on any atom is -0.370 e. The number of pyridine rings is 1. The molecular formula is C9H14ClN3. The molecule has 1 rings (SSSR count). The molecule has 1 heterocycles. The molecule has 3 nitrogen and oxygen atoms in total. The van der Waals surface area contributed by atoms with Crippen LogP contribution in [0.1, 0.15) is 12.0 Å². The number of halogens is 1. The van der Waals surface area contributed by atoms with Gasteiger partial charge < -0.3 is 11.1 Å². The first-order valence-electron chi connectivity index (χ1n) is 4.30. The molecule has 1 aromatic heterocycles. The zero-order chi connectivity index (χ0) is 9.68. The van der Waals surface area contributed by atoms with Gasteiger partial charge in [-0.05, 0) is 31.5 Å². The van der Waals surface area contributed by atoms with E-state index >= 15 is 0 Å². The average Bonchev–Trinajstić information content (AvgIpc) is 2.09. The van der Waals surface area contributed by atoms with E-state index in [-0.39, 0.29) is 0 Å². The highest BCUT2D eigenvalue weighted by Gasteiger charge is 1.98. The Morgan fingerprint density at radius 3 is 3.00 bits per heavy atom. The Bertz CT molecular complexity index is 276. The Kier molecular flexibility index (Phi) is 3.99. The number of nitrogens with one attached hydrogen (secondary N) is 1. The summed E-state index contributed by atoms with van der Waals surface area (Å²) in [6.07, 6.45) is 2.59. The maximum Gasteiger partial charge on any atom is 0.128 e. The molecule has 3 N–H and O–H groups in total. The lowest BCUT2D eigenvalue weighted by Gasteiger charge is -2.07. The Labute approximate surface area is 83.3 Å². The highest BCUT2D eigenvalue weighted by molar-refractivity contribution is 6.30. The van der Waals surface area contributed by atoms with Crippen LogP contribution in [-0.4, -0.2) is 18.1 Å². The van der Waals surface area contributed by atoms with Crippen LogP contribution in [0.15, 0.2) is 12.3 Å². The molecule has 72 valence electrons. The molecule has 4 heteroatoms. The van der Waals surface area contributed by atoms with E-state index in [2.05, 4.69) is 10.3 Å². The number of rotatable bonds is 4. The molecule has 0 saturated heterocycles. The third-order valence-corrected chi connectivity index (χ3v) is 1.92. The zero-order valence-electron chi connectivity index (χ0n) is 7.68. The van der Waals surface area contributed by atoms with Gasteiger partial charge in [-0.25, -0.2) is 4.98 Å². The molecule has 0 aromatic carbocycles. The Morgan fingerprint density at radius 1 is 1.62 bits per heavy atom. The van der Waals surface area contributed by atoms with Gasteiger partial charge in [-0.15, -0.1) is 0 Å². The average molecular weight is 200 g/mol.